The topological polar surface area (TPSA) is 58.4 Å². The molecule has 0 spiro atoms. The predicted molar refractivity (Wildman–Crippen MR) is 59.1 cm³/mol. The molecule has 15 heavy (non-hydrogen) atoms. The summed E-state index contributed by atoms with van der Waals surface area (Å²) in [4.78, 5) is 12.5. The Hall–Kier alpha value is -0.980. The summed E-state index contributed by atoms with van der Waals surface area (Å²) in [5, 5.41) is 15.9. The van der Waals surface area contributed by atoms with E-state index in [9.17, 15) is 10.1 Å². The first-order valence-electron chi connectivity index (χ1n) is 4.90. The molecular weight excluding hydrogens is 214 g/mol. The third kappa shape index (κ3) is 2.74. The monoisotopic (exact) mass is 227 g/mol. The van der Waals surface area contributed by atoms with Gasteiger partial charge in [0.1, 0.15) is 0 Å². The molecule has 0 aliphatic carbocycles. The maximum absolute atomic E-state index is 10.5. The van der Waals surface area contributed by atoms with Crippen LogP contribution in [0.25, 0.3) is 0 Å². The molecule has 1 N–H and O–H groups in total. The van der Waals surface area contributed by atoms with Crippen LogP contribution >= 0.6 is 11.3 Å². The summed E-state index contributed by atoms with van der Waals surface area (Å²) < 4.78 is 0. The molecule has 2 heterocycles. The Morgan fingerprint density at radius 1 is 1.53 bits per heavy atom. The number of thiophene rings is 1. The van der Waals surface area contributed by atoms with Crippen molar-refractivity contribution in [1.29, 1.82) is 0 Å². The molecule has 2 rings (SSSR count). The van der Waals surface area contributed by atoms with E-state index in [0.717, 1.165) is 38.3 Å². The first-order valence-corrected chi connectivity index (χ1v) is 5.78. The average molecular weight is 227 g/mol. The lowest BCUT2D eigenvalue weighted by Gasteiger charge is -2.26. The normalized spacial score (nSPS) is 17.9. The molecule has 0 unspecified atom stereocenters. The van der Waals surface area contributed by atoms with E-state index in [1.54, 1.807) is 6.07 Å². The van der Waals surface area contributed by atoms with Gasteiger partial charge in [0.15, 0.2) is 0 Å². The van der Waals surface area contributed by atoms with Crippen molar-refractivity contribution in [2.45, 2.75) is 6.54 Å². The van der Waals surface area contributed by atoms with E-state index in [0.29, 0.717) is 0 Å². The fourth-order valence-electron chi connectivity index (χ4n) is 1.67. The fourth-order valence-corrected chi connectivity index (χ4v) is 2.39. The van der Waals surface area contributed by atoms with Gasteiger partial charge in [0.2, 0.25) is 0 Å². The molecule has 1 aliphatic heterocycles. The summed E-state index contributed by atoms with van der Waals surface area (Å²) >= 11 is 1.20. The van der Waals surface area contributed by atoms with E-state index >= 15 is 0 Å². The van der Waals surface area contributed by atoms with Crippen molar-refractivity contribution in [2.75, 3.05) is 26.2 Å². The highest BCUT2D eigenvalue weighted by Gasteiger charge is 2.14. The summed E-state index contributed by atoms with van der Waals surface area (Å²) in [7, 11) is 0. The second-order valence-corrected chi connectivity index (χ2v) is 4.47. The van der Waals surface area contributed by atoms with Gasteiger partial charge in [-0.1, -0.05) is 11.3 Å². The molecule has 0 saturated carbocycles. The van der Waals surface area contributed by atoms with E-state index in [-0.39, 0.29) is 9.92 Å². The minimum Gasteiger partial charge on any atom is -0.314 e. The van der Waals surface area contributed by atoms with Crippen LogP contribution < -0.4 is 5.32 Å². The molecule has 1 aromatic rings. The number of hydrogen-bond donors (Lipinski definition) is 1. The van der Waals surface area contributed by atoms with Gasteiger partial charge in [0, 0.05) is 44.2 Å². The lowest BCUT2D eigenvalue weighted by molar-refractivity contribution is -0.380. The molecule has 1 aromatic heterocycles. The van der Waals surface area contributed by atoms with Crippen LogP contribution in [0.2, 0.25) is 0 Å². The molecule has 0 bridgehead atoms. The van der Waals surface area contributed by atoms with Crippen LogP contribution in [-0.4, -0.2) is 36.0 Å². The Bertz CT molecular complexity index is 347. The second kappa shape index (κ2) is 4.69. The Balaban J connectivity index is 1.94. The van der Waals surface area contributed by atoms with Crippen molar-refractivity contribution >= 4 is 16.3 Å². The summed E-state index contributed by atoms with van der Waals surface area (Å²) in [5.74, 6) is 0. The molecule has 0 aromatic carbocycles. The fraction of sp³-hybridized carbons (Fsp3) is 0.556. The van der Waals surface area contributed by atoms with E-state index < -0.39 is 0 Å². The van der Waals surface area contributed by atoms with Gasteiger partial charge in [-0.25, -0.2) is 0 Å². The van der Waals surface area contributed by atoms with Crippen molar-refractivity contribution in [1.82, 2.24) is 10.2 Å². The van der Waals surface area contributed by atoms with Crippen molar-refractivity contribution in [3.05, 3.63) is 27.1 Å². The molecule has 0 radical (unpaired) electrons. The highest BCUT2D eigenvalue weighted by Crippen LogP contribution is 2.23. The number of nitro groups is 1. The number of nitrogens with one attached hydrogen (secondary N) is 1. The van der Waals surface area contributed by atoms with Gasteiger partial charge in [-0.3, -0.25) is 15.0 Å². The number of piperazine rings is 1. The van der Waals surface area contributed by atoms with Crippen LogP contribution in [0.1, 0.15) is 5.56 Å². The second-order valence-electron chi connectivity index (χ2n) is 3.58. The van der Waals surface area contributed by atoms with E-state index in [1.807, 2.05) is 5.38 Å². The molecular formula is C9H13N3O2S. The number of hydrogen-bond acceptors (Lipinski definition) is 5. The van der Waals surface area contributed by atoms with Gasteiger partial charge >= 0.3 is 5.00 Å². The Kier molecular flexibility index (Phi) is 3.30. The van der Waals surface area contributed by atoms with E-state index in [1.165, 1.54) is 11.3 Å². The highest BCUT2D eigenvalue weighted by molar-refractivity contribution is 7.13. The SMILES string of the molecule is O=[N+]([O-])c1cc(CN2CCNCC2)cs1. The molecule has 1 fully saturated rings. The summed E-state index contributed by atoms with van der Waals surface area (Å²) in [6.07, 6.45) is 0. The minimum absolute atomic E-state index is 0.236. The van der Waals surface area contributed by atoms with Crippen LogP contribution in [0.5, 0.6) is 0 Å². The molecule has 5 nitrogen and oxygen atoms in total. The van der Waals surface area contributed by atoms with Gasteiger partial charge in [0.25, 0.3) is 0 Å². The van der Waals surface area contributed by atoms with Crippen LogP contribution in [0, 0.1) is 10.1 Å². The van der Waals surface area contributed by atoms with Crippen molar-refractivity contribution in [3.63, 3.8) is 0 Å². The van der Waals surface area contributed by atoms with Crippen molar-refractivity contribution in [2.24, 2.45) is 0 Å². The number of nitrogens with zero attached hydrogens (tertiary/aromatic N) is 2. The standard InChI is InChI=1S/C9H13N3O2S/c13-12(14)9-5-8(7-15-9)6-11-3-1-10-2-4-11/h5,7,10H,1-4,6H2. The molecule has 1 saturated heterocycles. The van der Waals surface area contributed by atoms with Crippen molar-refractivity contribution in [3.8, 4) is 0 Å². The van der Waals surface area contributed by atoms with Gasteiger partial charge in [-0.2, -0.15) is 0 Å². The van der Waals surface area contributed by atoms with Crippen molar-refractivity contribution < 1.29 is 4.92 Å². The van der Waals surface area contributed by atoms with Gasteiger partial charge in [-0.05, 0) is 5.56 Å². The molecule has 1 aliphatic rings. The summed E-state index contributed by atoms with van der Waals surface area (Å²) in [6, 6.07) is 1.67. The van der Waals surface area contributed by atoms with Crippen LogP contribution in [0.15, 0.2) is 11.4 Å². The van der Waals surface area contributed by atoms with Gasteiger partial charge < -0.3 is 5.32 Å². The highest BCUT2D eigenvalue weighted by atomic mass is 32.1. The Morgan fingerprint density at radius 2 is 2.27 bits per heavy atom. The Morgan fingerprint density at radius 3 is 2.87 bits per heavy atom. The minimum atomic E-state index is -0.327. The maximum atomic E-state index is 10.5. The molecule has 0 atom stereocenters. The summed E-state index contributed by atoms with van der Waals surface area (Å²) in [5.41, 5.74) is 1.05. The zero-order chi connectivity index (χ0) is 10.7. The first-order chi connectivity index (χ1) is 7.25. The van der Waals surface area contributed by atoms with E-state index in [2.05, 4.69) is 10.2 Å². The number of rotatable bonds is 3. The third-order valence-electron chi connectivity index (χ3n) is 2.44. The molecule has 0 amide bonds. The molecule has 82 valence electrons. The Labute approximate surface area is 91.9 Å². The summed E-state index contributed by atoms with van der Waals surface area (Å²) in [6.45, 7) is 4.87. The van der Waals surface area contributed by atoms with Crippen LogP contribution in [-0.2, 0) is 6.54 Å². The average Bonchev–Trinajstić information content (AvgIpc) is 2.68. The van der Waals surface area contributed by atoms with Gasteiger partial charge in [0.05, 0.1) is 4.92 Å². The largest absolute Gasteiger partial charge is 0.324 e. The quantitative estimate of drug-likeness (QED) is 0.619. The lowest BCUT2D eigenvalue weighted by Crippen LogP contribution is -2.42. The van der Waals surface area contributed by atoms with Crippen LogP contribution in [0.3, 0.4) is 0 Å². The zero-order valence-electron chi connectivity index (χ0n) is 8.31. The van der Waals surface area contributed by atoms with Crippen LogP contribution in [0.4, 0.5) is 5.00 Å². The smallest absolute Gasteiger partial charge is 0.314 e. The van der Waals surface area contributed by atoms with E-state index in [4.69, 9.17) is 0 Å². The third-order valence-corrected chi connectivity index (χ3v) is 3.36. The van der Waals surface area contributed by atoms with Gasteiger partial charge in [-0.15, -0.1) is 0 Å². The lowest BCUT2D eigenvalue weighted by atomic mass is 10.3. The molecule has 6 heteroatoms. The zero-order valence-corrected chi connectivity index (χ0v) is 9.13. The maximum Gasteiger partial charge on any atom is 0.324 e. The predicted octanol–water partition coefficient (Wildman–Crippen LogP) is 1.06. The first kappa shape index (κ1) is 10.5.